The molecule has 0 aliphatic rings. The van der Waals surface area contributed by atoms with Crippen LogP contribution in [0.3, 0.4) is 0 Å². The number of carbonyl (C=O) groups excluding carboxylic acids is 1. The summed E-state index contributed by atoms with van der Waals surface area (Å²) in [6.07, 6.45) is 0. The first-order valence-corrected chi connectivity index (χ1v) is 11.8. The molecule has 0 spiro atoms. The van der Waals surface area contributed by atoms with Crippen LogP contribution in [0.4, 0.5) is 11.4 Å². The van der Waals surface area contributed by atoms with Crippen molar-refractivity contribution in [3.8, 4) is 0 Å². The second kappa shape index (κ2) is 9.36. The lowest BCUT2D eigenvalue weighted by atomic mass is 10.1. The number of rotatable bonds is 7. The normalized spacial score (nSPS) is 12.2. The van der Waals surface area contributed by atoms with E-state index in [0.29, 0.717) is 11.4 Å². The summed E-state index contributed by atoms with van der Waals surface area (Å²) in [6, 6.07) is 21.2. The SMILES string of the molecule is Cc1ccc(NS(=O)(=O)c2ccc(NC(=O)[C@H](C)Sc3ccccc3)cc2)cc1C. The third kappa shape index (κ3) is 5.64. The molecule has 5 nitrogen and oxygen atoms in total. The summed E-state index contributed by atoms with van der Waals surface area (Å²) in [5, 5.41) is 2.54. The maximum atomic E-state index is 12.6. The molecule has 0 aliphatic heterocycles. The number of thioether (sulfide) groups is 1. The Balaban J connectivity index is 1.64. The highest BCUT2D eigenvalue weighted by molar-refractivity contribution is 8.00. The van der Waals surface area contributed by atoms with Crippen molar-refractivity contribution in [3.63, 3.8) is 0 Å². The van der Waals surface area contributed by atoms with Crippen molar-refractivity contribution in [2.75, 3.05) is 10.0 Å². The maximum absolute atomic E-state index is 12.6. The van der Waals surface area contributed by atoms with E-state index in [1.165, 1.54) is 23.9 Å². The third-order valence-electron chi connectivity index (χ3n) is 4.62. The Bertz CT molecular complexity index is 1130. The second-order valence-electron chi connectivity index (χ2n) is 6.99. The number of nitrogens with one attached hydrogen (secondary N) is 2. The molecule has 0 unspecified atom stereocenters. The lowest BCUT2D eigenvalue weighted by Gasteiger charge is -2.13. The second-order valence-corrected chi connectivity index (χ2v) is 10.1. The Hall–Kier alpha value is -2.77. The Morgan fingerprint density at radius 2 is 1.50 bits per heavy atom. The zero-order chi connectivity index (χ0) is 21.7. The number of carbonyl (C=O) groups is 1. The van der Waals surface area contributed by atoms with Gasteiger partial charge in [0.2, 0.25) is 5.91 Å². The topological polar surface area (TPSA) is 75.3 Å². The van der Waals surface area contributed by atoms with Crippen LogP contribution in [0, 0.1) is 13.8 Å². The molecule has 0 aromatic heterocycles. The molecule has 7 heteroatoms. The molecule has 1 amide bonds. The van der Waals surface area contributed by atoms with Crippen molar-refractivity contribution in [3.05, 3.63) is 83.9 Å². The van der Waals surface area contributed by atoms with Crippen molar-refractivity contribution in [1.29, 1.82) is 0 Å². The minimum absolute atomic E-state index is 0.130. The molecule has 30 heavy (non-hydrogen) atoms. The monoisotopic (exact) mass is 440 g/mol. The number of aryl methyl sites for hydroxylation is 2. The van der Waals surface area contributed by atoms with Gasteiger partial charge >= 0.3 is 0 Å². The highest BCUT2D eigenvalue weighted by Gasteiger charge is 2.17. The predicted octanol–water partition coefficient (Wildman–Crippen LogP) is 5.22. The highest BCUT2D eigenvalue weighted by atomic mass is 32.2. The standard InChI is InChI=1S/C23H24N2O3S2/c1-16-9-10-20(15-17(16)2)25-30(27,28)22-13-11-19(12-14-22)24-23(26)18(3)29-21-7-5-4-6-8-21/h4-15,18,25H,1-3H3,(H,24,26)/t18-/m0/s1. The van der Waals surface area contributed by atoms with Crippen molar-refractivity contribution in [2.24, 2.45) is 0 Å². The third-order valence-corrected chi connectivity index (χ3v) is 7.13. The van der Waals surface area contributed by atoms with Gasteiger partial charge in [-0.3, -0.25) is 9.52 Å². The Morgan fingerprint density at radius 3 is 2.13 bits per heavy atom. The molecular formula is C23H24N2O3S2. The van der Waals surface area contributed by atoms with Crippen LogP contribution in [-0.2, 0) is 14.8 Å². The summed E-state index contributed by atoms with van der Waals surface area (Å²) in [7, 11) is -3.71. The van der Waals surface area contributed by atoms with Crippen LogP contribution in [0.5, 0.6) is 0 Å². The lowest BCUT2D eigenvalue weighted by molar-refractivity contribution is -0.115. The average Bonchev–Trinajstić information content (AvgIpc) is 2.71. The minimum atomic E-state index is -3.71. The van der Waals surface area contributed by atoms with E-state index < -0.39 is 10.0 Å². The zero-order valence-corrected chi connectivity index (χ0v) is 18.7. The first-order valence-electron chi connectivity index (χ1n) is 9.47. The fourth-order valence-electron chi connectivity index (χ4n) is 2.74. The van der Waals surface area contributed by atoms with E-state index >= 15 is 0 Å². The van der Waals surface area contributed by atoms with Gasteiger partial charge in [0.25, 0.3) is 10.0 Å². The summed E-state index contributed by atoms with van der Waals surface area (Å²) >= 11 is 1.46. The van der Waals surface area contributed by atoms with E-state index in [2.05, 4.69) is 10.0 Å². The van der Waals surface area contributed by atoms with Gasteiger partial charge in [0, 0.05) is 16.3 Å². The van der Waals surface area contributed by atoms with Crippen molar-refractivity contribution >= 4 is 39.1 Å². The van der Waals surface area contributed by atoms with E-state index in [9.17, 15) is 13.2 Å². The summed E-state index contributed by atoms with van der Waals surface area (Å²) < 4.78 is 27.9. The Morgan fingerprint density at radius 1 is 0.867 bits per heavy atom. The maximum Gasteiger partial charge on any atom is 0.261 e. The molecule has 3 aromatic carbocycles. The van der Waals surface area contributed by atoms with Crippen molar-refractivity contribution < 1.29 is 13.2 Å². The molecule has 0 saturated heterocycles. The largest absolute Gasteiger partial charge is 0.325 e. The van der Waals surface area contributed by atoms with E-state index in [1.54, 1.807) is 24.3 Å². The van der Waals surface area contributed by atoms with Gasteiger partial charge in [-0.15, -0.1) is 11.8 Å². The average molecular weight is 441 g/mol. The number of sulfonamides is 1. The van der Waals surface area contributed by atoms with Crippen LogP contribution in [0.15, 0.2) is 82.6 Å². The van der Waals surface area contributed by atoms with Gasteiger partial charge in [-0.25, -0.2) is 8.42 Å². The van der Waals surface area contributed by atoms with Crippen LogP contribution in [0.1, 0.15) is 18.1 Å². The van der Waals surface area contributed by atoms with Crippen LogP contribution in [0.2, 0.25) is 0 Å². The fraction of sp³-hybridized carbons (Fsp3) is 0.174. The first-order chi connectivity index (χ1) is 14.2. The van der Waals surface area contributed by atoms with Gasteiger partial charge in [-0.1, -0.05) is 24.3 Å². The van der Waals surface area contributed by atoms with Gasteiger partial charge in [0.05, 0.1) is 10.1 Å². The fourth-order valence-corrected chi connectivity index (χ4v) is 4.67. The van der Waals surface area contributed by atoms with E-state index in [0.717, 1.165) is 16.0 Å². The molecule has 0 aliphatic carbocycles. The van der Waals surface area contributed by atoms with Crippen LogP contribution < -0.4 is 10.0 Å². The van der Waals surface area contributed by atoms with E-state index in [-0.39, 0.29) is 16.1 Å². The summed E-state index contributed by atoms with van der Waals surface area (Å²) in [4.78, 5) is 13.6. The van der Waals surface area contributed by atoms with Gasteiger partial charge < -0.3 is 5.32 Å². The van der Waals surface area contributed by atoms with Crippen molar-refractivity contribution in [1.82, 2.24) is 0 Å². The molecule has 156 valence electrons. The van der Waals surface area contributed by atoms with Gasteiger partial charge in [0.1, 0.15) is 0 Å². The van der Waals surface area contributed by atoms with Crippen molar-refractivity contribution in [2.45, 2.75) is 35.8 Å². The summed E-state index contributed by atoms with van der Waals surface area (Å²) in [6.45, 7) is 5.74. The Labute approximate surface area is 182 Å². The predicted molar refractivity (Wildman–Crippen MR) is 124 cm³/mol. The smallest absolute Gasteiger partial charge is 0.261 e. The summed E-state index contributed by atoms with van der Waals surface area (Å²) in [5.74, 6) is -0.146. The molecule has 1 atom stereocenters. The quantitative estimate of drug-likeness (QED) is 0.494. The van der Waals surface area contributed by atoms with Crippen LogP contribution >= 0.6 is 11.8 Å². The minimum Gasteiger partial charge on any atom is -0.325 e. The van der Waals surface area contributed by atoms with E-state index in [4.69, 9.17) is 0 Å². The number of hydrogen-bond donors (Lipinski definition) is 2. The van der Waals surface area contributed by atoms with E-state index in [1.807, 2.05) is 57.2 Å². The number of benzene rings is 3. The van der Waals surface area contributed by atoms with Gasteiger partial charge in [-0.2, -0.15) is 0 Å². The molecule has 0 bridgehead atoms. The molecule has 0 fully saturated rings. The zero-order valence-electron chi connectivity index (χ0n) is 17.0. The number of anilines is 2. The molecule has 0 heterocycles. The van der Waals surface area contributed by atoms with Crippen LogP contribution in [0.25, 0.3) is 0 Å². The summed E-state index contributed by atoms with van der Waals surface area (Å²) in [5.41, 5.74) is 3.17. The lowest BCUT2D eigenvalue weighted by Crippen LogP contribution is -2.22. The highest BCUT2D eigenvalue weighted by Crippen LogP contribution is 2.24. The number of hydrogen-bond acceptors (Lipinski definition) is 4. The molecular weight excluding hydrogens is 416 g/mol. The first kappa shape index (κ1) is 21.9. The molecule has 3 aromatic rings. The van der Waals surface area contributed by atoms with Crippen LogP contribution in [-0.4, -0.2) is 19.6 Å². The molecule has 3 rings (SSSR count). The molecule has 2 N–H and O–H groups in total. The Kier molecular flexibility index (Phi) is 6.84. The molecule has 0 saturated carbocycles. The number of amides is 1. The molecule has 0 radical (unpaired) electrons. The van der Waals surface area contributed by atoms with Gasteiger partial charge in [0.15, 0.2) is 0 Å². The van der Waals surface area contributed by atoms with Gasteiger partial charge in [-0.05, 0) is 80.4 Å².